The van der Waals surface area contributed by atoms with E-state index < -0.39 is 138 Å². The summed E-state index contributed by atoms with van der Waals surface area (Å²) >= 11 is 13.7. The summed E-state index contributed by atoms with van der Waals surface area (Å²) in [6, 6.07) is 23.3. The molecule has 9 aromatic rings. The fraction of sp³-hybridized carbons (Fsp3) is 0.561. The van der Waals surface area contributed by atoms with Gasteiger partial charge in [0.1, 0.15) is 6.61 Å². The number of hydrogen-bond donors (Lipinski definition) is 0. The summed E-state index contributed by atoms with van der Waals surface area (Å²) in [6.45, 7) is 31.3. The highest BCUT2D eigenvalue weighted by Gasteiger charge is 2.92. The van der Waals surface area contributed by atoms with Gasteiger partial charge in [0.15, 0.2) is 16.6 Å². The Labute approximate surface area is 756 Å². The standard InChI is InChI=1S/C32H22F26S3.C26H36O6S3.C24H36O2S3Si2/c1-13-7-9-17(59-13)19-15(5-3-11-21(33,34)23(37,38)25(41,42)27(45,46)29(49,50)31(53,54)55)16(20(61-19)18-10-8-14(2)60-18)6-4-12-22(35,36)24(39,40)26(43,44)28(47,48)30(51,52)32(56,57)58;1-19-7-9-23(33-19)25-21(6-5-11-29-16-17-32-28-4)22(18-31-15-14-30-13-12-27-3)26(35-25)24-10-8-20(2)34-24;1-17-9-11-21(27-17)23-19(13-15-25-30(3,4)5)20(14-16-26-31(6,7)8)24(29-23)22-12-10-18(2)28-22/h7-10H,3-6,11-12H2,1-2H3;7-10H,5-6,11-18H2,1-4H3;9-12H,13-16H2,1-8H3. The van der Waals surface area contributed by atoms with Gasteiger partial charge in [0.05, 0.1) is 51.6 Å². The minimum Gasteiger partial charge on any atom is -0.417 e. The van der Waals surface area contributed by atoms with Gasteiger partial charge in [-0.3, -0.25) is 0 Å². The van der Waals surface area contributed by atoms with Gasteiger partial charge in [-0.2, -0.15) is 114 Å². The molecule has 0 saturated carbocycles. The molecule has 0 radical (unpaired) electrons. The van der Waals surface area contributed by atoms with Crippen LogP contribution in [0.25, 0.3) is 58.5 Å². The van der Waals surface area contributed by atoms with Gasteiger partial charge in [-0.25, -0.2) is 9.78 Å². The van der Waals surface area contributed by atoms with Gasteiger partial charge in [0.25, 0.3) is 0 Å². The highest BCUT2D eigenvalue weighted by Crippen LogP contribution is 2.64. The van der Waals surface area contributed by atoms with Crippen LogP contribution in [0, 0.1) is 41.5 Å². The van der Waals surface area contributed by atoms with E-state index in [0.717, 1.165) is 61.6 Å². The van der Waals surface area contributed by atoms with E-state index in [-0.39, 0.29) is 19.5 Å². The zero-order chi connectivity index (χ0) is 95.5. The van der Waals surface area contributed by atoms with Crippen molar-refractivity contribution in [2.75, 3.05) is 73.7 Å². The molecule has 127 heavy (non-hydrogen) atoms. The third-order valence-corrected chi connectivity index (χ3v) is 32.0. The van der Waals surface area contributed by atoms with Crippen molar-refractivity contribution in [2.45, 2.75) is 223 Å². The van der Waals surface area contributed by atoms with Crippen LogP contribution in [0.1, 0.15) is 94.7 Å². The summed E-state index contributed by atoms with van der Waals surface area (Å²) in [5.41, 5.74) is 4.68. The first-order chi connectivity index (χ1) is 58.5. The maximum Gasteiger partial charge on any atom is 0.460 e. The lowest BCUT2D eigenvalue weighted by molar-refractivity contribution is -0.440. The minimum atomic E-state index is -8.21. The van der Waals surface area contributed by atoms with E-state index in [1.165, 1.54) is 126 Å². The molecule has 0 spiro atoms. The molecular formula is C82H94F26O8S9Si2. The van der Waals surface area contributed by atoms with E-state index in [4.69, 9.17) is 32.7 Å². The lowest BCUT2D eigenvalue weighted by Gasteiger charge is -2.39. The highest BCUT2D eigenvalue weighted by molar-refractivity contribution is 7.28. The molecule has 0 aliphatic heterocycles. The molecule has 0 aliphatic carbocycles. The highest BCUT2D eigenvalue weighted by atomic mass is 32.1. The Morgan fingerprint density at radius 3 is 0.787 bits per heavy atom. The molecule has 0 unspecified atom stereocenters. The molecule has 45 heteroatoms. The van der Waals surface area contributed by atoms with Crippen molar-refractivity contribution in [3.63, 3.8) is 0 Å². The number of alkyl halides is 26. The quantitative estimate of drug-likeness (QED) is 0.0123. The average molecular weight is 2050 g/mol. The van der Waals surface area contributed by atoms with Crippen molar-refractivity contribution in [3.8, 4) is 58.5 Å². The van der Waals surface area contributed by atoms with Crippen LogP contribution in [0.5, 0.6) is 0 Å². The smallest absolute Gasteiger partial charge is 0.417 e. The first-order valence-corrected chi connectivity index (χ1v) is 53.1. The average Bonchev–Trinajstić information content (AvgIpc) is 1.69. The fourth-order valence-corrected chi connectivity index (χ4v) is 24.1. The van der Waals surface area contributed by atoms with Crippen LogP contribution in [0.15, 0.2) is 72.8 Å². The Balaban J connectivity index is 0.000000283. The number of rotatable bonds is 46. The maximum absolute atomic E-state index is 14.7. The predicted molar refractivity (Wildman–Crippen MR) is 459 cm³/mol. The van der Waals surface area contributed by atoms with Crippen molar-refractivity contribution >= 4 is 119 Å². The third kappa shape index (κ3) is 26.2. The molecule has 0 amide bonds. The molecule has 9 heterocycles. The molecule has 9 aromatic heterocycles. The number of halogens is 26. The summed E-state index contributed by atoms with van der Waals surface area (Å²) in [6.07, 6.45) is -22.6. The normalized spacial score (nSPS) is 13.6. The number of hydrogen-bond acceptors (Lipinski definition) is 17. The second-order valence-corrected chi connectivity index (χ2v) is 50.9. The molecule has 0 fully saturated rings. The van der Waals surface area contributed by atoms with E-state index in [2.05, 4.69) is 120 Å². The van der Waals surface area contributed by atoms with Gasteiger partial charge in [0, 0.05) is 128 Å². The summed E-state index contributed by atoms with van der Waals surface area (Å²) < 4.78 is 391. The van der Waals surface area contributed by atoms with Crippen molar-refractivity contribution in [1.82, 2.24) is 0 Å². The molecular weight excluding hydrogens is 1950 g/mol. The summed E-state index contributed by atoms with van der Waals surface area (Å²) in [7, 11) is 0.112. The van der Waals surface area contributed by atoms with E-state index >= 15 is 0 Å². The minimum absolute atomic E-state index is 0.0975. The zero-order valence-electron chi connectivity index (χ0n) is 70.8. The summed E-state index contributed by atoms with van der Waals surface area (Å²) in [4.78, 5) is 26.6. The van der Waals surface area contributed by atoms with Crippen molar-refractivity contribution in [2.24, 2.45) is 0 Å². The van der Waals surface area contributed by atoms with E-state index in [1.807, 2.05) is 68.0 Å². The van der Waals surface area contributed by atoms with Gasteiger partial charge < -0.3 is 27.8 Å². The molecule has 714 valence electrons. The predicted octanol–water partition coefficient (Wildman–Crippen LogP) is 31.1. The fourth-order valence-electron chi connectivity index (χ4n) is 12.5. The Morgan fingerprint density at radius 2 is 0.512 bits per heavy atom. The second-order valence-electron chi connectivity index (χ2n) is 31.1. The Hall–Kier alpha value is -4.41. The third-order valence-electron chi connectivity index (χ3n) is 18.9. The number of methoxy groups -OCH3 is 1. The molecule has 9 rings (SSSR count). The zero-order valence-corrected chi connectivity index (χ0v) is 80.2. The lowest BCUT2D eigenvalue weighted by Crippen LogP contribution is -2.70. The van der Waals surface area contributed by atoms with Crippen LogP contribution in [0.4, 0.5) is 114 Å². The van der Waals surface area contributed by atoms with Gasteiger partial charge in [-0.05, 0) is 233 Å². The number of ether oxygens (including phenoxy) is 4. The van der Waals surface area contributed by atoms with Crippen molar-refractivity contribution in [3.05, 3.63) is 135 Å². The first kappa shape index (κ1) is 110. The second kappa shape index (κ2) is 43.9. The molecule has 0 atom stereocenters. The van der Waals surface area contributed by atoms with Crippen LogP contribution in [-0.2, 0) is 76.3 Å². The van der Waals surface area contributed by atoms with E-state index in [0.29, 0.717) is 73.9 Å². The Morgan fingerprint density at radius 1 is 0.260 bits per heavy atom. The van der Waals surface area contributed by atoms with Gasteiger partial charge in [-0.1, -0.05) is 0 Å². The van der Waals surface area contributed by atoms with Crippen molar-refractivity contribution < 1.29 is 152 Å². The molecule has 0 bridgehead atoms. The largest absolute Gasteiger partial charge is 0.460 e. The lowest BCUT2D eigenvalue weighted by atomic mass is 9.89. The van der Waals surface area contributed by atoms with Crippen LogP contribution in [0.3, 0.4) is 0 Å². The van der Waals surface area contributed by atoms with Crippen LogP contribution < -0.4 is 0 Å². The van der Waals surface area contributed by atoms with Crippen molar-refractivity contribution in [1.29, 1.82) is 0 Å². The topological polar surface area (TPSA) is 73.8 Å². The van der Waals surface area contributed by atoms with E-state index in [9.17, 15) is 114 Å². The Kier molecular flexibility index (Phi) is 37.9. The Bertz CT molecular complexity index is 4660. The van der Waals surface area contributed by atoms with Crippen LogP contribution >= 0.6 is 102 Å². The van der Waals surface area contributed by atoms with Gasteiger partial charge in [0.2, 0.25) is 0 Å². The molecule has 0 N–H and O–H groups in total. The number of aryl methyl sites for hydroxylation is 6. The van der Waals surface area contributed by atoms with Gasteiger partial charge in [-0.15, -0.1) is 102 Å². The molecule has 0 saturated heterocycles. The summed E-state index contributed by atoms with van der Waals surface area (Å²) in [5.74, 6) is -77.2. The number of thiophene rings is 9. The monoisotopic (exact) mass is 2040 g/mol. The van der Waals surface area contributed by atoms with E-state index in [1.54, 1.807) is 7.11 Å². The van der Waals surface area contributed by atoms with Crippen LogP contribution in [-0.4, -0.2) is 162 Å². The van der Waals surface area contributed by atoms with Gasteiger partial charge >= 0.3 is 71.6 Å². The molecule has 8 nitrogen and oxygen atoms in total. The maximum atomic E-state index is 14.7. The molecule has 0 aromatic carbocycles. The SMILES string of the molecule is COCCOCCOCc1c(-c2ccc(C)s2)sc(-c2ccc(C)s2)c1CCCOCCOOC.Cc1ccc(-c2sc(-c3ccc(C)s3)c(CCCC(F)(F)C(F)(F)C(F)(F)C(F)(F)C(F)(F)C(F)(F)F)c2CCCC(F)(F)C(F)(F)C(F)(F)C(F)(F)C(F)(F)C(F)(F)F)s1.Cc1ccc(-c2sc(-c3ccc(C)s3)c(CCO[Si](C)(C)C)c2CCO[Si](C)(C)C)s1. The first-order valence-electron chi connectivity index (χ1n) is 38.9. The van der Waals surface area contributed by atoms with Crippen LogP contribution in [0.2, 0.25) is 39.3 Å². The summed E-state index contributed by atoms with van der Waals surface area (Å²) in [5, 5.41) is 0. The molecule has 0 aliphatic rings.